The highest BCUT2D eigenvalue weighted by Crippen LogP contribution is 2.22. The van der Waals surface area contributed by atoms with Crippen molar-refractivity contribution < 1.29 is 22.7 Å². The molecule has 0 saturated carbocycles. The zero-order valence-corrected chi connectivity index (χ0v) is 20.0. The highest BCUT2D eigenvalue weighted by molar-refractivity contribution is 7.92. The van der Waals surface area contributed by atoms with Gasteiger partial charge in [-0.1, -0.05) is 17.7 Å². The number of nitrogens with zero attached hydrogens (tertiary/aromatic N) is 1. The van der Waals surface area contributed by atoms with E-state index in [2.05, 4.69) is 10.0 Å². The summed E-state index contributed by atoms with van der Waals surface area (Å²) in [5, 5.41) is 3.33. The first kappa shape index (κ1) is 25.0. The van der Waals surface area contributed by atoms with E-state index in [-0.39, 0.29) is 28.3 Å². The second-order valence-corrected chi connectivity index (χ2v) is 9.99. The molecule has 178 valence electrons. The number of nitrogens with one attached hydrogen (secondary N) is 2. The first-order valence-electron chi connectivity index (χ1n) is 10.7. The SMILES string of the molecule is COCCCNC(=O)[C@@H]1CCCN(C(=O)c2cccc(NS(=O)(=O)c3ccc(Cl)cc3)c2)C1. The molecule has 0 radical (unpaired) electrons. The van der Waals surface area contributed by atoms with Crippen LogP contribution in [0.3, 0.4) is 0 Å². The number of methoxy groups -OCH3 is 1. The number of benzene rings is 2. The van der Waals surface area contributed by atoms with Gasteiger partial charge in [0.15, 0.2) is 0 Å². The Kier molecular flexibility index (Phi) is 8.71. The van der Waals surface area contributed by atoms with E-state index < -0.39 is 10.0 Å². The molecule has 33 heavy (non-hydrogen) atoms. The number of rotatable bonds is 9. The normalized spacial score (nSPS) is 16.3. The minimum absolute atomic E-state index is 0.0620. The molecule has 2 aromatic carbocycles. The lowest BCUT2D eigenvalue weighted by Gasteiger charge is -2.32. The quantitative estimate of drug-likeness (QED) is 0.522. The summed E-state index contributed by atoms with van der Waals surface area (Å²) in [5.41, 5.74) is 0.632. The van der Waals surface area contributed by atoms with E-state index in [1.165, 1.54) is 30.3 Å². The zero-order valence-electron chi connectivity index (χ0n) is 18.4. The molecule has 2 aromatic rings. The summed E-state index contributed by atoms with van der Waals surface area (Å²) < 4.78 is 32.8. The first-order chi connectivity index (χ1) is 15.8. The Morgan fingerprint density at radius 2 is 1.94 bits per heavy atom. The fourth-order valence-electron chi connectivity index (χ4n) is 3.67. The predicted octanol–water partition coefficient (Wildman–Crippen LogP) is 3.15. The van der Waals surface area contributed by atoms with Gasteiger partial charge in [-0.25, -0.2) is 8.42 Å². The van der Waals surface area contributed by atoms with Crippen LogP contribution < -0.4 is 10.0 Å². The van der Waals surface area contributed by atoms with Gasteiger partial charge in [-0.2, -0.15) is 0 Å². The summed E-state index contributed by atoms with van der Waals surface area (Å²) in [6.45, 7) is 1.99. The van der Waals surface area contributed by atoms with Crippen LogP contribution in [0, 0.1) is 5.92 Å². The second-order valence-electron chi connectivity index (χ2n) is 7.87. The van der Waals surface area contributed by atoms with Crippen molar-refractivity contribution >= 4 is 39.1 Å². The molecule has 0 unspecified atom stereocenters. The highest BCUT2D eigenvalue weighted by Gasteiger charge is 2.29. The van der Waals surface area contributed by atoms with Crippen LogP contribution in [-0.4, -0.2) is 58.5 Å². The number of amides is 2. The van der Waals surface area contributed by atoms with Gasteiger partial charge in [-0.05, 0) is 61.7 Å². The Bertz CT molecular complexity index is 1080. The van der Waals surface area contributed by atoms with E-state index in [9.17, 15) is 18.0 Å². The van der Waals surface area contributed by atoms with Crippen LogP contribution in [0.4, 0.5) is 5.69 Å². The number of anilines is 1. The standard InChI is InChI=1S/C23H28ClN3O5S/c1-32-14-4-12-25-22(28)18-6-3-13-27(16-18)23(29)17-5-2-7-20(15-17)26-33(30,31)21-10-8-19(24)9-11-21/h2,5,7-11,15,18,26H,3-4,6,12-14,16H2,1H3,(H,25,28)/t18-/m1/s1. The lowest BCUT2D eigenvalue weighted by molar-refractivity contribution is -0.126. The molecule has 8 nitrogen and oxygen atoms in total. The predicted molar refractivity (Wildman–Crippen MR) is 127 cm³/mol. The first-order valence-corrected chi connectivity index (χ1v) is 12.6. The summed E-state index contributed by atoms with van der Waals surface area (Å²) in [6.07, 6.45) is 2.18. The van der Waals surface area contributed by atoms with E-state index in [0.717, 1.165) is 19.3 Å². The number of likely N-dealkylation sites (tertiary alicyclic amines) is 1. The number of sulfonamides is 1. The second kappa shape index (κ2) is 11.5. The Morgan fingerprint density at radius 3 is 2.67 bits per heavy atom. The maximum Gasteiger partial charge on any atom is 0.261 e. The fourth-order valence-corrected chi connectivity index (χ4v) is 4.85. The summed E-state index contributed by atoms with van der Waals surface area (Å²) in [5.74, 6) is -0.565. The average Bonchev–Trinajstić information content (AvgIpc) is 2.81. The molecular formula is C23H28ClN3O5S. The van der Waals surface area contributed by atoms with Gasteiger partial charge < -0.3 is 15.0 Å². The molecule has 1 aliphatic rings. The molecule has 1 fully saturated rings. The maximum absolute atomic E-state index is 13.1. The number of ether oxygens (including phenoxy) is 1. The van der Waals surface area contributed by atoms with E-state index in [1.54, 1.807) is 30.2 Å². The van der Waals surface area contributed by atoms with Crippen molar-refractivity contribution in [3.8, 4) is 0 Å². The molecule has 0 bridgehead atoms. The van der Waals surface area contributed by atoms with Gasteiger partial charge in [-0.3, -0.25) is 14.3 Å². The van der Waals surface area contributed by atoms with Crippen molar-refractivity contribution in [1.29, 1.82) is 0 Å². The Balaban J connectivity index is 1.65. The minimum Gasteiger partial charge on any atom is -0.385 e. The van der Waals surface area contributed by atoms with Crippen molar-refractivity contribution in [2.75, 3.05) is 38.1 Å². The van der Waals surface area contributed by atoms with E-state index in [1.807, 2.05) is 0 Å². The summed E-state index contributed by atoms with van der Waals surface area (Å²) in [7, 11) is -2.21. The van der Waals surface area contributed by atoms with Crippen LogP contribution in [0.15, 0.2) is 53.4 Å². The number of carbonyl (C=O) groups is 2. The van der Waals surface area contributed by atoms with E-state index >= 15 is 0 Å². The van der Waals surface area contributed by atoms with Crippen LogP contribution in [0.1, 0.15) is 29.6 Å². The molecule has 0 aliphatic carbocycles. The van der Waals surface area contributed by atoms with Crippen LogP contribution in [-0.2, 0) is 19.6 Å². The number of carbonyl (C=O) groups excluding carboxylic acids is 2. The van der Waals surface area contributed by atoms with Crippen LogP contribution in [0.2, 0.25) is 5.02 Å². The van der Waals surface area contributed by atoms with E-state index in [0.29, 0.717) is 36.8 Å². The minimum atomic E-state index is -3.83. The molecule has 1 atom stereocenters. The molecule has 2 N–H and O–H groups in total. The fraction of sp³-hybridized carbons (Fsp3) is 0.391. The monoisotopic (exact) mass is 493 g/mol. The number of hydrogen-bond donors (Lipinski definition) is 2. The van der Waals surface area contributed by atoms with Crippen molar-refractivity contribution in [1.82, 2.24) is 10.2 Å². The van der Waals surface area contributed by atoms with Gasteiger partial charge in [0.1, 0.15) is 0 Å². The number of piperidine rings is 1. The molecule has 2 amide bonds. The summed E-state index contributed by atoms with van der Waals surface area (Å²) in [4.78, 5) is 27.3. The third-order valence-corrected chi connectivity index (χ3v) is 7.04. The molecule has 0 aromatic heterocycles. The Morgan fingerprint density at radius 1 is 1.18 bits per heavy atom. The lowest BCUT2D eigenvalue weighted by atomic mass is 9.96. The third kappa shape index (κ3) is 6.93. The summed E-state index contributed by atoms with van der Waals surface area (Å²) in [6, 6.07) is 12.2. The lowest BCUT2D eigenvalue weighted by Crippen LogP contribution is -2.45. The molecule has 1 aliphatic heterocycles. The molecule has 1 heterocycles. The van der Waals surface area contributed by atoms with Crippen molar-refractivity contribution in [2.45, 2.75) is 24.2 Å². The molecular weight excluding hydrogens is 466 g/mol. The van der Waals surface area contributed by atoms with Gasteiger partial charge in [0, 0.05) is 49.6 Å². The van der Waals surface area contributed by atoms with Crippen LogP contribution in [0.5, 0.6) is 0 Å². The van der Waals surface area contributed by atoms with Crippen LogP contribution in [0.25, 0.3) is 0 Å². The molecule has 0 spiro atoms. The third-order valence-electron chi connectivity index (χ3n) is 5.39. The van der Waals surface area contributed by atoms with E-state index in [4.69, 9.17) is 16.3 Å². The van der Waals surface area contributed by atoms with Gasteiger partial charge in [0.2, 0.25) is 5.91 Å². The van der Waals surface area contributed by atoms with Crippen molar-refractivity contribution in [2.24, 2.45) is 5.92 Å². The van der Waals surface area contributed by atoms with Gasteiger partial charge in [0.25, 0.3) is 15.9 Å². The summed E-state index contributed by atoms with van der Waals surface area (Å²) >= 11 is 5.83. The van der Waals surface area contributed by atoms with Crippen molar-refractivity contribution in [3.05, 3.63) is 59.1 Å². The topological polar surface area (TPSA) is 105 Å². The van der Waals surface area contributed by atoms with Gasteiger partial charge in [-0.15, -0.1) is 0 Å². The van der Waals surface area contributed by atoms with Crippen LogP contribution >= 0.6 is 11.6 Å². The average molecular weight is 494 g/mol. The molecule has 3 rings (SSSR count). The van der Waals surface area contributed by atoms with Gasteiger partial charge in [0.05, 0.1) is 10.8 Å². The number of halogens is 1. The Labute approximate surface area is 199 Å². The highest BCUT2D eigenvalue weighted by atomic mass is 35.5. The number of hydrogen-bond acceptors (Lipinski definition) is 5. The molecule has 10 heteroatoms. The maximum atomic E-state index is 13.1. The zero-order chi connectivity index (χ0) is 23.8. The van der Waals surface area contributed by atoms with Gasteiger partial charge >= 0.3 is 0 Å². The Hall–Kier alpha value is -2.62. The largest absolute Gasteiger partial charge is 0.385 e. The smallest absolute Gasteiger partial charge is 0.261 e. The van der Waals surface area contributed by atoms with Crippen molar-refractivity contribution in [3.63, 3.8) is 0 Å². The molecule has 1 saturated heterocycles.